The van der Waals surface area contributed by atoms with Crippen molar-refractivity contribution < 1.29 is 9.79 Å². The van der Waals surface area contributed by atoms with Gasteiger partial charge in [-0.3, -0.25) is 0 Å². The Hall–Kier alpha value is -0.630. The number of rotatable bonds is 2. The van der Waals surface area contributed by atoms with E-state index in [-0.39, 0.29) is 18.5 Å². The van der Waals surface area contributed by atoms with Crippen molar-refractivity contribution in [2.24, 2.45) is 0 Å². The van der Waals surface area contributed by atoms with E-state index >= 15 is 0 Å². The Labute approximate surface area is 139 Å². The molecule has 0 aliphatic carbocycles. The molecular weight excluding hydrogens is 337 g/mol. The average Bonchev–Trinajstić information content (AvgIpc) is 2.33. The zero-order valence-electron chi connectivity index (χ0n) is 12.9. The first-order chi connectivity index (χ1) is 8.88. The Morgan fingerprint density at radius 3 is 1.23 bits per heavy atom. The van der Waals surface area contributed by atoms with Crippen LogP contribution in [-0.2, 0) is 10.1 Å². The summed E-state index contributed by atoms with van der Waals surface area (Å²) >= 11 is 4.06. The molecule has 0 atom stereocenters. The Kier molecular flexibility index (Phi) is 10.2. The van der Waals surface area contributed by atoms with Crippen molar-refractivity contribution in [1.82, 2.24) is 18.5 Å². The number of thiol groups is 1. The molecule has 2 rings (SSSR count). The summed E-state index contributed by atoms with van der Waals surface area (Å²) in [6, 6.07) is 15.7. The Morgan fingerprint density at radius 2 is 1.00 bits per heavy atom. The van der Waals surface area contributed by atoms with Gasteiger partial charge in [0.15, 0.2) is 0 Å². The van der Waals surface area contributed by atoms with Crippen LogP contribution in [0.1, 0.15) is 11.1 Å². The SMILES string of the molecule is Cc1ccc(S(c2ccc(C)cc2)=P(O)(O)S)cc1.N.N.N. The van der Waals surface area contributed by atoms with Gasteiger partial charge in [-0.1, -0.05) is 57.7 Å². The first kappa shape index (κ1) is 23.6. The van der Waals surface area contributed by atoms with E-state index in [1.54, 1.807) is 0 Å². The second-order valence-corrected chi connectivity index (χ2v) is 12.1. The van der Waals surface area contributed by atoms with Crippen LogP contribution in [0.2, 0.25) is 0 Å². The number of hydrogen-bond donors (Lipinski definition) is 6. The Balaban J connectivity index is 0. The van der Waals surface area contributed by atoms with Gasteiger partial charge in [0, 0.05) is 9.79 Å². The molecule has 0 saturated heterocycles. The van der Waals surface area contributed by atoms with E-state index in [2.05, 4.69) is 12.2 Å². The van der Waals surface area contributed by atoms with Crippen molar-refractivity contribution in [2.45, 2.75) is 23.6 Å². The van der Waals surface area contributed by atoms with Crippen molar-refractivity contribution in [2.75, 3.05) is 0 Å². The molecule has 0 aromatic heterocycles. The maximum atomic E-state index is 10.1. The topological polar surface area (TPSA) is 145 Å². The highest BCUT2D eigenvalue weighted by Gasteiger charge is 2.15. The lowest BCUT2D eigenvalue weighted by molar-refractivity contribution is 0.502. The van der Waals surface area contributed by atoms with Crippen LogP contribution in [0.4, 0.5) is 0 Å². The van der Waals surface area contributed by atoms with E-state index in [9.17, 15) is 9.79 Å². The largest absolute Gasteiger partial charge is 0.344 e. The maximum absolute atomic E-state index is 10.1. The van der Waals surface area contributed by atoms with Crippen LogP contribution in [0.25, 0.3) is 0 Å². The van der Waals surface area contributed by atoms with Crippen LogP contribution in [0.5, 0.6) is 0 Å². The van der Waals surface area contributed by atoms with Crippen LogP contribution in [0.3, 0.4) is 0 Å². The van der Waals surface area contributed by atoms with Gasteiger partial charge in [0.1, 0.15) is 0 Å². The summed E-state index contributed by atoms with van der Waals surface area (Å²) in [5.74, 6) is 0. The van der Waals surface area contributed by atoms with Gasteiger partial charge in [0.05, 0.1) is 0 Å². The molecule has 0 aliphatic heterocycles. The van der Waals surface area contributed by atoms with Crippen LogP contribution >= 0.6 is 17.9 Å². The molecule has 0 saturated carbocycles. The van der Waals surface area contributed by atoms with Gasteiger partial charge in [-0.05, 0) is 38.1 Å². The Bertz CT molecular complexity index is 584. The molecule has 0 heterocycles. The van der Waals surface area contributed by atoms with E-state index < -0.39 is 15.8 Å². The fourth-order valence-corrected chi connectivity index (χ4v) is 7.50. The van der Waals surface area contributed by atoms with Gasteiger partial charge in [-0.2, -0.15) is 0 Å². The third kappa shape index (κ3) is 5.87. The summed E-state index contributed by atoms with van der Waals surface area (Å²) in [7, 11) is -0.799. The molecule has 2 aromatic rings. The molecule has 0 radical (unpaired) electrons. The molecular formula is C14H26N3O2PS2. The first-order valence-corrected chi connectivity index (χ1v) is 10.5. The van der Waals surface area contributed by atoms with Crippen molar-refractivity contribution in [3.63, 3.8) is 0 Å². The van der Waals surface area contributed by atoms with E-state index in [0.29, 0.717) is 0 Å². The molecule has 0 fully saturated rings. The third-order valence-corrected chi connectivity index (χ3v) is 8.87. The van der Waals surface area contributed by atoms with E-state index in [1.807, 2.05) is 62.4 Å². The van der Waals surface area contributed by atoms with Gasteiger partial charge in [0.2, 0.25) is 5.69 Å². The Morgan fingerprint density at radius 1 is 0.727 bits per heavy atom. The predicted molar refractivity (Wildman–Crippen MR) is 102 cm³/mol. The number of aryl methyl sites for hydroxylation is 2. The van der Waals surface area contributed by atoms with Gasteiger partial charge in [-0.25, -0.2) is 0 Å². The summed E-state index contributed by atoms with van der Waals surface area (Å²) in [4.78, 5) is 21.9. The molecule has 2 aromatic carbocycles. The molecule has 22 heavy (non-hydrogen) atoms. The van der Waals surface area contributed by atoms with E-state index in [1.165, 1.54) is 0 Å². The van der Waals surface area contributed by atoms with Crippen LogP contribution in [0, 0.1) is 13.8 Å². The molecule has 5 nitrogen and oxygen atoms in total. The molecule has 0 spiro atoms. The summed E-state index contributed by atoms with van der Waals surface area (Å²) in [6.45, 7) is 4.02. The molecule has 0 aliphatic rings. The smallest absolute Gasteiger partial charge is 0.207 e. The fourth-order valence-electron chi connectivity index (χ4n) is 1.75. The second-order valence-electron chi connectivity index (χ2n) is 4.42. The lowest BCUT2D eigenvalue weighted by Gasteiger charge is -2.17. The number of hydrogen-bond acceptors (Lipinski definition) is 3. The predicted octanol–water partition coefficient (Wildman–Crippen LogP) is 4.42. The van der Waals surface area contributed by atoms with Crippen molar-refractivity contribution in [1.29, 1.82) is 0 Å². The number of benzene rings is 2. The van der Waals surface area contributed by atoms with Gasteiger partial charge < -0.3 is 28.2 Å². The second kappa shape index (κ2) is 9.50. The first-order valence-electron chi connectivity index (χ1n) is 5.83. The molecule has 8 heteroatoms. The third-order valence-electron chi connectivity index (χ3n) is 2.73. The van der Waals surface area contributed by atoms with Crippen LogP contribution < -0.4 is 18.5 Å². The minimum absolute atomic E-state index is 0. The molecule has 0 amide bonds. The van der Waals surface area contributed by atoms with Gasteiger partial charge >= 0.3 is 0 Å². The highest BCUT2D eigenvalue weighted by Crippen LogP contribution is 2.51. The molecule has 0 unspecified atom stereocenters. The monoisotopic (exact) mass is 363 g/mol. The van der Waals surface area contributed by atoms with Crippen LogP contribution in [-0.4, -0.2) is 9.79 Å². The summed E-state index contributed by atoms with van der Waals surface area (Å²) in [6.07, 6.45) is 0. The van der Waals surface area contributed by atoms with Crippen LogP contribution in [0.15, 0.2) is 58.3 Å². The van der Waals surface area contributed by atoms with Gasteiger partial charge in [0.25, 0.3) is 0 Å². The quantitative estimate of drug-likeness (QED) is 0.345. The average molecular weight is 363 g/mol. The van der Waals surface area contributed by atoms with E-state index in [4.69, 9.17) is 0 Å². The maximum Gasteiger partial charge on any atom is 0.207 e. The summed E-state index contributed by atoms with van der Waals surface area (Å²) in [5, 5.41) is 0. The standard InChI is InChI=1S/C14H17O2PS2.3H3N/c1-11-3-7-13(8-4-11)19(17(15,16)18)14-9-5-12(2)6-10-14;;;/h3-10,15-16,18H,1-2H3;3*1H3. The van der Waals surface area contributed by atoms with Crippen molar-refractivity contribution in [3.05, 3.63) is 59.7 Å². The fraction of sp³-hybridized carbons (Fsp3) is 0.143. The van der Waals surface area contributed by atoms with Crippen molar-refractivity contribution >= 4 is 28.0 Å². The molecule has 11 N–H and O–H groups in total. The minimum Gasteiger partial charge on any atom is -0.344 e. The zero-order valence-corrected chi connectivity index (χ0v) is 15.5. The van der Waals surface area contributed by atoms with E-state index in [0.717, 1.165) is 20.9 Å². The highest BCUT2D eigenvalue weighted by atomic mass is 32.9. The van der Waals surface area contributed by atoms with Gasteiger partial charge in [-0.15, -0.1) is 0 Å². The highest BCUT2D eigenvalue weighted by molar-refractivity contribution is 8.65. The van der Waals surface area contributed by atoms with Crippen molar-refractivity contribution in [3.8, 4) is 0 Å². The normalized spacial score (nSPS) is 10.3. The summed E-state index contributed by atoms with van der Waals surface area (Å²) < 4.78 is 0. The molecule has 126 valence electrons. The molecule has 0 bridgehead atoms. The lowest BCUT2D eigenvalue weighted by atomic mass is 10.2. The zero-order chi connectivity index (χ0) is 14.0. The lowest BCUT2D eigenvalue weighted by Crippen LogP contribution is -1.95. The summed E-state index contributed by atoms with van der Waals surface area (Å²) in [5.41, 5.74) is -0.981. The minimum atomic E-state index is -3.28.